The number of benzene rings is 2. The predicted molar refractivity (Wildman–Crippen MR) is 130 cm³/mol. The summed E-state index contributed by atoms with van der Waals surface area (Å²) in [6.45, 7) is 1.50. The fourth-order valence-electron chi connectivity index (χ4n) is 4.03. The van der Waals surface area contributed by atoms with E-state index in [1.54, 1.807) is 37.3 Å². The molecule has 2 N–H and O–H groups in total. The third-order valence-electron chi connectivity index (χ3n) is 5.73. The van der Waals surface area contributed by atoms with Crippen molar-refractivity contribution >= 4 is 45.3 Å². The number of fused-ring (bicyclic) bond motifs is 2. The van der Waals surface area contributed by atoms with Crippen LogP contribution in [-0.2, 0) is 4.74 Å². The molecule has 5 rings (SSSR count). The Bertz CT molecular complexity index is 1390. The Labute approximate surface area is 200 Å². The number of H-pyrrole nitrogens is 1. The number of nitrogens with zero attached hydrogens (tertiary/aromatic N) is 4. The zero-order chi connectivity index (χ0) is 23.7. The first-order chi connectivity index (χ1) is 16.6. The summed E-state index contributed by atoms with van der Waals surface area (Å²) in [6, 6.07) is 8.72. The lowest BCUT2D eigenvalue weighted by Gasteiger charge is -2.20. The molecule has 0 spiro atoms. The molecule has 9 nitrogen and oxygen atoms in total. The molecule has 1 aliphatic rings. The minimum absolute atomic E-state index is 0.102. The summed E-state index contributed by atoms with van der Waals surface area (Å²) >= 11 is 6.12. The number of amides is 1. The van der Waals surface area contributed by atoms with Gasteiger partial charge in [0.15, 0.2) is 0 Å². The van der Waals surface area contributed by atoms with Gasteiger partial charge in [-0.1, -0.05) is 23.8 Å². The van der Waals surface area contributed by atoms with Gasteiger partial charge in [-0.3, -0.25) is 4.79 Å². The van der Waals surface area contributed by atoms with Gasteiger partial charge in [0.25, 0.3) is 5.91 Å². The summed E-state index contributed by atoms with van der Waals surface area (Å²) in [5.41, 5.74) is 2.72. The summed E-state index contributed by atoms with van der Waals surface area (Å²) < 4.78 is 11.0. The Morgan fingerprint density at radius 1 is 1.18 bits per heavy atom. The van der Waals surface area contributed by atoms with Crippen molar-refractivity contribution in [3.8, 4) is 5.75 Å². The molecule has 0 saturated heterocycles. The van der Waals surface area contributed by atoms with E-state index < -0.39 is 0 Å². The lowest BCUT2D eigenvalue weighted by atomic mass is 10.1. The molecule has 2 aromatic carbocycles. The van der Waals surface area contributed by atoms with Crippen molar-refractivity contribution in [3.05, 3.63) is 65.2 Å². The second kappa shape index (κ2) is 9.28. The van der Waals surface area contributed by atoms with E-state index >= 15 is 0 Å². The lowest BCUT2D eigenvalue weighted by Crippen LogP contribution is -2.28. The molecule has 0 aliphatic carbocycles. The Hall–Kier alpha value is -3.69. The van der Waals surface area contributed by atoms with Gasteiger partial charge in [0.1, 0.15) is 29.8 Å². The molecule has 4 aromatic rings. The zero-order valence-corrected chi connectivity index (χ0v) is 19.5. The molecule has 34 heavy (non-hydrogen) atoms. The number of ether oxygens (including phenoxy) is 2. The van der Waals surface area contributed by atoms with Crippen LogP contribution in [-0.4, -0.2) is 64.7 Å². The summed E-state index contributed by atoms with van der Waals surface area (Å²) in [5, 5.41) is 4.74. The molecule has 2 aromatic heterocycles. The molecule has 0 fully saturated rings. The van der Waals surface area contributed by atoms with Gasteiger partial charge < -0.3 is 24.7 Å². The van der Waals surface area contributed by atoms with Crippen LogP contribution >= 0.6 is 11.6 Å². The quantitative estimate of drug-likeness (QED) is 0.387. The summed E-state index contributed by atoms with van der Waals surface area (Å²) in [6.07, 6.45) is 5.40. The van der Waals surface area contributed by atoms with E-state index in [9.17, 15) is 4.79 Å². The van der Waals surface area contributed by atoms with Gasteiger partial charge >= 0.3 is 0 Å². The summed E-state index contributed by atoms with van der Waals surface area (Å²) in [7, 11) is 3.17. The first kappa shape index (κ1) is 22.1. The molecular weight excluding hydrogens is 456 g/mol. The Balaban J connectivity index is 1.52. The average Bonchev–Trinajstić information content (AvgIpc) is 3.52. The largest absolute Gasteiger partial charge is 0.496 e. The van der Waals surface area contributed by atoms with Crippen LogP contribution in [0.5, 0.6) is 5.75 Å². The third-order valence-corrected chi connectivity index (χ3v) is 5.97. The number of carbonyl (C=O) groups is 1. The molecule has 1 atom stereocenters. The van der Waals surface area contributed by atoms with Crippen LogP contribution in [0.1, 0.15) is 22.2 Å². The van der Waals surface area contributed by atoms with E-state index in [-0.39, 0.29) is 11.9 Å². The number of nitrogens with one attached hydrogen (secondary N) is 2. The molecule has 10 heteroatoms. The molecule has 0 saturated carbocycles. The van der Waals surface area contributed by atoms with Gasteiger partial charge in [-0.15, -0.1) is 0 Å². The zero-order valence-electron chi connectivity index (χ0n) is 18.7. The first-order valence-corrected chi connectivity index (χ1v) is 11.1. The van der Waals surface area contributed by atoms with Crippen molar-refractivity contribution in [1.82, 2.24) is 24.8 Å². The van der Waals surface area contributed by atoms with Crippen LogP contribution in [0.2, 0.25) is 5.02 Å². The van der Waals surface area contributed by atoms with Crippen LogP contribution in [0.15, 0.2) is 48.8 Å². The highest BCUT2D eigenvalue weighted by molar-refractivity contribution is 6.31. The maximum Gasteiger partial charge on any atom is 0.258 e. The van der Waals surface area contributed by atoms with E-state index in [1.165, 1.54) is 6.33 Å². The Morgan fingerprint density at radius 3 is 2.76 bits per heavy atom. The molecule has 1 aliphatic heterocycles. The molecular formula is C24H23ClN6O3. The average molecular weight is 479 g/mol. The molecule has 174 valence electrons. The minimum atomic E-state index is -0.322. The number of carbonyl (C=O) groups excluding carboxylic acids is 1. The smallest absolute Gasteiger partial charge is 0.258 e. The third kappa shape index (κ3) is 4.15. The normalized spacial score (nSPS) is 14.1. The van der Waals surface area contributed by atoms with Gasteiger partial charge in [0, 0.05) is 30.6 Å². The van der Waals surface area contributed by atoms with Gasteiger partial charge in [0.2, 0.25) is 0 Å². The SMILES string of the molecule is COC[C@@H](Nc1ncnc2cc(C(=O)N3CC=CC3)c(OC)cc12)c1nc2cc(Cl)ccc2[nH]1. The number of hydrogen-bond acceptors (Lipinski definition) is 7. The fourth-order valence-corrected chi connectivity index (χ4v) is 4.20. The Morgan fingerprint density at radius 2 is 2.00 bits per heavy atom. The van der Waals surface area contributed by atoms with Crippen LogP contribution < -0.4 is 10.1 Å². The molecule has 0 radical (unpaired) electrons. The number of aromatic nitrogens is 4. The molecule has 1 amide bonds. The number of aromatic amines is 1. The lowest BCUT2D eigenvalue weighted by molar-refractivity contribution is 0.0797. The van der Waals surface area contributed by atoms with Gasteiger partial charge in [-0.25, -0.2) is 15.0 Å². The number of hydrogen-bond donors (Lipinski definition) is 2. The van der Waals surface area contributed by atoms with E-state index in [0.29, 0.717) is 53.2 Å². The standard InChI is InChI=1S/C24H23ClN6O3/c1-33-12-20(23-28-17-6-5-14(25)9-19(17)29-23)30-22-15-11-21(34-2)16(10-18(15)26-13-27-22)24(32)31-7-3-4-8-31/h3-6,9-11,13,20H,7-8,12H2,1-2H3,(H,28,29)(H,26,27,30)/t20-/m1/s1. The van der Waals surface area contributed by atoms with Gasteiger partial charge in [0.05, 0.1) is 35.8 Å². The number of methoxy groups -OCH3 is 2. The highest BCUT2D eigenvalue weighted by Crippen LogP contribution is 2.31. The maximum atomic E-state index is 13.0. The number of halogens is 1. The van der Waals surface area contributed by atoms with Crippen LogP contribution in [0.25, 0.3) is 21.9 Å². The van der Waals surface area contributed by atoms with Crippen molar-refractivity contribution in [2.45, 2.75) is 6.04 Å². The van der Waals surface area contributed by atoms with Crippen LogP contribution in [0.3, 0.4) is 0 Å². The predicted octanol–water partition coefficient (Wildman–Crippen LogP) is 3.98. The maximum absolute atomic E-state index is 13.0. The van der Waals surface area contributed by atoms with E-state index in [0.717, 1.165) is 16.4 Å². The summed E-state index contributed by atoms with van der Waals surface area (Å²) in [4.78, 5) is 31.6. The van der Waals surface area contributed by atoms with E-state index in [1.807, 2.05) is 24.3 Å². The van der Waals surface area contributed by atoms with E-state index in [4.69, 9.17) is 21.1 Å². The Kier molecular flexibility index (Phi) is 6.04. The van der Waals surface area contributed by atoms with Crippen molar-refractivity contribution in [2.24, 2.45) is 0 Å². The highest BCUT2D eigenvalue weighted by atomic mass is 35.5. The van der Waals surface area contributed by atoms with E-state index in [2.05, 4.69) is 25.3 Å². The van der Waals surface area contributed by atoms with Crippen molar-refractivity contribution < 1.29 is 14.3 Å². The topological polar surface area (TPSA) is 105 Å². The molecule has 3 heterocycles. The van der Waals surface area contributed by atoms with Gasteiger partial charge in [-0.05, 0) is 30.3 Å². The van der Waals surface area contributed by atoms with Crippen LogP contribution in [0.4, 0.5) is 5.82 Å². The second-order valence-corrected chi connectivity index (χ2v) is 8.35. The number of anilines is 1. The number of imidazole rings is 1. The first-order valence-electron chi connectivity index (χ1n) is 10.7. The second-order valence-electron chi connectivity index (χ2n) is 7.91. The number of rotatable bonds is 7. The van der Waals surface area contributed by atoms with Crippen molar-refractivity contribution in [3.63, 3.8) is 0 Å². The highest BCUT2D eigenvalue weighted by Gasteiger charge is 2.23. The van der Waals surface area contributed by atoms with Crippen LogP contribution in [0, 0.1) is 0 Å². The minimum Gasteiger partial charge on any atom is -0.496 e. The molecule has 0 unspecified atom stereocenters. The van der Waals surface area contributed by atoms with Gasteiger partial charge in [-0.2, -0.15) is 0 Å². The monoisotopic (exact) mass is 478 g/mol. The fraction of sp³-hybridized carbons (Fsp3) is 0.250. The van der Waals surface area contributed by atoms with Crippen molar-refractivity contribution in [2.75, 3.05) is 39.2 Å². The molecule has 0 bridgehead atoms. The van der Waals surface area contributed by atoms with Crippen molar-refractivity contribution in [1.29, 1.82) is 0 Å². The summed E-state index contributed by atoms with van der Waals surface area (Å²) in [5.74, 6) is 1.62.